The number of rotatable bonds is 9. The van der Waals surface area contributed by atoms with Crippen LogP contribution in [0.1, 0.15) is 28.4 Å². The lowest BCUT2D eigenvalue weighted by atomic mass is 10.1. The highest BCUT2D eigenvalue weighted by molar-refractivity contribution is 5.92. The summed E-state index contributed by atoms with van der Waals surface area (Å²) in [5.41, 5.74) is 3.96. The molecule has 0 bridgehead atoms. The summed E-state index contributed by atoms with van der Waals surface area (Å²) >= 11 is 0. The van der Waals surface area contributed by atoms with Crippen molar-refractivity contribution >= 4 is 33.9 Å². The molecule has 5 aromatic rings. The zero-order valence-corrected chi connectivity index (χ0v) is 23.5. The van der Waals surface area contributed by atoms with E-state index in [9.17, 15) is 9.90 Å². The Hall–Kier alpha value is -4.48. The van der Waals surface area contributed by atoms with E-state index in [1.165, 1.54) is 0 Å². The molecular formula is C31H33N7O4. The number of nitrogens with zero attached hydrogens (tertiary/aromatic N) is 7. The predicted molar refractivity (Wildman–Crippen MR) is 158 cm³/mol. The van der Waals surface area contributed by atoms with Crippen LogP contribution >= 0.6 is 0 Å². The number of ether oxygens (including phenoxy) is 2. The average molecular weight is 568 g/mol. The van der Waals surface area contributed by atoms with Gasteiger partial charge in [-0.15, -0.1) is 0 Å². The van der Waals surface area contributed by atoms with Gasteiger partial charge in [0, 0.05) is 45.9 Å². The molecule has 3 aromatic heterocycles. The lowest BCUT2D eigenvalue weighted by Crippen LogP contribution is -2.46. The van der Waals surface area contributed by atoms with Crippen LogP contribution in [0.2, 0.25) is 0 Å². The summed E-state index contributed by atoms with van der Waals surface area (Å²) in [4.78, 5) is 30.6. The number of hydrogen-bond donors (Lipinski definition) is 1. The lowest BCUT2D eigenvalue weighted by molar-refractivity contribution is -0.0592. The third-order valence-electron chi connectivity index (χ3n) is 8.25. The topological polar surface area (TPSA) is 111 Å². The van der Waals surface area contributed by atoms with Gasteiger partial charge in [-0.25, -0.2) is 14.8 Å². The van der Waals surface area contributed by atoms with Crippen LogP contribution in [0.3, 0.4) is 0 Å². The number of aromatic carboxylic acids is 1. The van der Waals surface area contributed by atoms with Crippen molar-refractivity contribution in [3.8, 4) is 5.88 Å². The van der Waals surface area contributed by atoms with Crippen molar-refractivity contribution in [2.24, 2.45) is 7.05 Å². The second-order valence-corrected chi connectivity index (χ2v) is 10.9. The van der Waals surface area contributed by atoms with Crippen molar-refractivity contribution in [3.63, 3.8) is 0 Å². The van der Waals surface area contributed by atoms with Gasteiger partial charge in [0.1, 0.15) is 24.1 Å². The minimum atomic E-state index is -0.935. The smallest absolute Gasteiger partial charge is 0.335 e. The number of carbonyl (C=O) groups is 1. The van der Waals surface area contributed by atoms with Gasteiger partial charge in [0.2, 0.25) is 5.88 Å². The molecule has 42 heavy (non-hydrogen) atoms. The number of hydrogen-bond acceptors (Lipinski definition) is 8. The molecule has 2 fully saturated rings. The van der Waals surface area contributed by atoms with Gasteiger partial charge >= 0.3 is 5.97 Å². The molecule has 2 aliphatic rings. The second kappa shape index (κ2) is 11.1. The molecule has 7 rings (SSSR count). The molecule has 0 spiro atoms. The molecule has 2 aromatic carbocycles. The SMILES string of the molecule is Cn1c(COc2cccc(N3CCN(Cc4nc5ccc(C(=O)O)cc5n4C[C@@H]4CCO4)CC3)n2)nc2ccccc21. The number of piperazine rings is 1. The number of pyridine rings is 1. The van der Waals surface area contributed by atoms with E-state index in [1.54, 1.807) is 18.2 Å². The Morgan fingerprint density at radius 1 is 0.952 bits per heavy atom. The number of benzene rings is 2. The van der Waals surface area contributed by atoms with Gasteiger partial charge in [-0.2, -0.15) is 4.98 Å². The monoisotopic (exact) mass is 567 g/mol. The Bertz CT molecular complexity index is 1750. The van der Waals surface area contributed by atoms with Gasteiger partial charge in [0.05, 0.1) is 46.8 Å². The molecular weight excluding hydrogens is 534 g/mol. The second-order valence-electron chi connectivity index (χ2n) is 10.9. The molecule has 0 amide bonds. The van der Waals surface area contributed by atoms with Gasteiger partial charge in [-0.1, -0.05) is 18.2 Å². The van der Waals surface area contributed by atoms with Gasteiger partial charge in [0.25, 0.3) is 0 Å². The molecule has 11 heteroatoms. The standard InChI is InChI=1S/C31H33N7O4/c1-35-25-6-3-2-5-23(25)33-29(35)20-42-30-8-4-7-27(34-30)37-14-12-36(13-15-37)19-28-32-24-10-9-21(31(39)40)17-26(24)38(28)18-22-11-16-41-22/h2-10,17,22H,11-16,18-20H2,1H3,(H,39,40)/t22-/m0/s1. The maximum Gasteiger partial charge on any atom is 0.335 e. The molecule has 5 heterocycles. The van der Waals surface area contributed by atoms with E-state index >= 15 is 0 Å². The summed E-state index contributed by atoms with van der Waals surface area (Å²) in [6.45, 7) is 5.86. The van der Waals surface area contributed by atoms with Crippen LogP contribution in [0, 0.1) is 0 Å². The van der Waals surface area contributed by atoms with Crippen molar-refractivity contribution < 1.29 is 19.4 Å². The molecule has 11 nitrogen and oxygen atoms in total. The highest BCUT2D eigenvalue weighted by atomic mass is 16.5. The van der Waals surface area contributed by atoms with E-state index in [-0.39, 0.29) is 11.7 Å². The Labute approximate surface area is 242 Å². The Balaban J connectivity index is 1.01. The number of fused-ring (bicyclic) bond motifs is 2. The minimum absolute atomic E-state index is 0.142. The predicted octanol–water partition coefficient (Wildman–Crippen LogP) is 3.71. The van der Waals surface area contributed by atoms with Crippen LogP contribution in [-0.2, 0) is 31.5 Å². The molecule has 216 valence electrons. The van der Waals surface area contributed by atoms with Gasteiger partial charge in [-0.3, -0.25) is 4.90 Å². The fourth-order valence-electron chi connectivity index (χ4n) is 5.72. The van der Waals surface area contributed by atoms with Crippen molar-refractivity contribution in [2.75, 3.05) is 37.7 Å². The Morgan fingerprint density at radius 3 is 2.50 bits per heavy atom. The van der Waals surface area contributed by atoms with Crippen molar-refractivity contribution in [1.82, 2.24) is 29.0 Å². The van der Waals surface area contributed by atoms with E-state index in [1.807, 2.05) is 43.4 Å². The van der Waals surface area contributed by atoms with Crippen LogP contribution < -0.4 is 9.64 Å². The van der Waals surface area contributed by atoms with Gasteiger partial charge in [-0.05, 0) is 42.8 Å². The van der Waals surface area contributed by atoms with E-state index < -0.39 is 5.97 Å². The Morgan fingerprint density at radius 2 is 1.74 bits per heavy atom. The van der Waals surface area contributed by atoms with E-state index in [0.29, 0.717) is 25.6 Å². The maximum absolute atomic E-state index is 11.6. The zero-order valence-electron chi connectivity index (χ0n) is 23.5. The summed E-state index contributed by atoms with van der Waals surface area (Å²) in [5, 5.41) is 9.51. The van der Waals surface area contributed by atoms with Crippen LogP contribution in [-0.4, -0.2) is 79.0 Å². The number of aryl methyl sites for hydroxylation is 1. The first-order valence-corrected chi connectivity index (χ1v) is 14.3. The fourth-order valence-corrected chi connectivity index (χ4v) is 5.72. The third-order valence-corrected chi connectivity index (χ3v) is 8.25. The van der Waals surface area contributed by atoms with E-state index in [0.717, 1.165) is 78.7 Å². The first kappa shape index (κ1) is 26.4. The summed E-state index contributed by atoms with van der Waals surface area (Å²) < 4.78 is 16.0. The molecule has 2 saturated heterocycles. The molecule has 0 radical (unpaired) electrons. The first-order chi connectivity index (χ1) is 20.5. The maximum atomic E-state index is 11.6. The van der Waals surface area contributed by atoms with Gasteiger partial charge in [0.15, 0.2) is 0 Å². The molecule has 0 unspecified atom stereocenters. The first-order valence-electron chi connectivity index (χ1n) is 14.3. The quantitative estimate of drug-likeness (QED) is 0.285. The van der Waals surface area contributed by atoms with E-state index in [2.05, 4.69) is 25.0 Å². The summed E-state index contributed by atoms with van der Waals surface area (Å²) in [5.74, 6) is 2.33. The summed E-state index contributed by atoms with van der Waals surface area (Å²) in [7, 11) is 2.00. The number of imidazole rings is 2. The van der Waals surface area contributed by atoms with Crippen LogP contribution in [0.5, 0.6) is 5.88 Å². The normalized spacial score (nSPS) is 17.5. The number of carboxylic acids is 1. The highest BCUT2D eigenvalue weighted by Gasteiger charge is 2.25. The molecule has 2 aliphatic heterocycles. The number of para-hydroxylation sites is 2. The fraction of sp³-hybridized carbons (Fsp3) is 0.355. The molecule has 0 saturated carbocycles. The number of aromatic nitrogens is 5. The molecule has 0 aliphatic carbocycles. The minimum Gasteiger partial charge on any atom is -0.478 e. The molecule has 1 N–H and O–H groups in total. The molecule has 1 atom stereocenters. The van der Waals surface area contributed by atoms with Crippen LogP contribution in [0.15, 0.2) is 60.7 Å². The number of anilines is 1. The van der Waals surface area contributed by atoms with Crippen molar-refractivity contribution in [2.45, 2.75) is 32.2 Å². The van der Waals surface area contributed by atoms with Crippen molar-refractivity contribution in [3.05, 3.63) is 77.9 Å². The highest BCUT2D eigenvalue weighted by Crippen LogP contribution is 2.25. The largest absolute Gasteiger partial charge is 0.478 e. The van der Waals surface area contributed by atoms with Crippen molar-refractivity contribution in [1.29, 1.82) is 0 Å². The van der Waals surface area contributed by atoms with Gasteiger partial charge < -0.3 is 28.6 Å². The van der Waals surface area contributed by atoms with Crippen LogP contribution in [0.25, 0.3) is 22.1 Å². The summed E-state index contributed by atoms with van der Waals surface area (Å²) in [6.07, 6.45) is 1.15. The lowest BCUT2D eigenvalue weighted by Gasteiger charge is -2.35. The Kier molecular flexibility index (Phi) is 6.96. The number of carboxylic acid groups (broad SMARTS) is 1. The summed E-state index contributed by atoms with van der Waals surface area (Å²) in [6, 6.07) is 19.1. The average Bonchev–Trinajstić information content (AvgIpc) is 3.50. The third kappa shape index (κ3) is 5.17. The van der Waals surface area contributed by atoms with Crippen LogP contribution in [0.4, 0.5) is 5.82 Å². The van der Waals surface area contributed by atoms with E-state index in [4.69, 9.17) is 24.4 Å². The zero-order chi connectivity index (χ0) is 28.6.